The molecule has 0 fully saturated rings. The highest BCUT2D eigenvalue weighted by atomic mass is 35.5. The molecule has 4 rings (SSSR count). The molecule has 12 heteroatoms. The third kappa shape index (κ3) is 6.95. The summed E-state index contributed by atoms with van der Waals surface area (Å²) in [6, 6.07) is 16.2. The molecule has 0 unspecified atom stereocenters. The first-order chi connectivity index (χ1) is 18.9. The molecule has 0 saturated carbocycles. The van der Waals surface area contributed by atoms with Crippen LogP contribution in [0.2, 0.25) is 5.02 Å². The fraction of sp³-hybridized carbons (Fsp3) is 0.250. The summed E-state index contributed by atoms with van der Waals surface area (Å²) in [6.07, 6.45) is 1.76. The van der Waals surface area contributed by atoms with E-state index < -0.39 is 27.1 Å². The fourth-order valence-corrected chi connectivity index (χ4v) is 5.69. The standard InChI is InChI=1S/C28H28ClF2N3O4S2/c1-28(2,19-5-11-23(29)25(14-19)38-3)26-16-33-27(34(26)22-9-6-20(30)7-10-22)39-17-18-4-8-21(15-24(18)31)32-12-13-40(35,36)37/h4-11,14-16,32H,12-13,17H2,1-3H3,(H,35,36,37). The molecule has 212 valence electrons. The first kappa shape index (κ1) is 29.9. The molecule has 2 N–H and O–H groups in total. The molecule has 4 aromatic rings. The van der Waals surface area contributed by atoms with Gasteiger partial charge < -0.3 is 10.1 Å². The van der Waals surface area contributed by atoms with Gasteiger partial charge in [-0.1, -0.05) is 49.3 Å². The number of aromatic nitrogens is 2. The summed E-state index contributed by atoms with van der Waals surface area (Å²) in [5, 5.41) is 3.86. The van der Waals surface area contributed by atoms with E-state index in [0.717, 1.165) is 11.3 Å². The number of nitrogens with one attached hydrogen (secondary N) is 1. The van der Waals surface area contributed by atoms with Gasteiger partial charge in [-0.2, -0.15) is 8.42 Å². The number of imidazole rings is 1. The molecular weight excluding hydrogens is 580 g/mol. The highest BCUT2D eigenvalue weighted by Gasteiger charge is 2.30. The first-order valence-corrected chi connectivity index (χ1v) is 15.1. The highest BCUT2D eigenvalue weighted by molar-refractivity contribution is 7.98. The van der Waals surface area contributed by atoms with E-state index in [0.29, 0.717) is 32.9 Å². The molecule has 0 spiro atoms. The minimum atomic E-state index is -4.12. The Balaban J connectivity index is 1.64. The van der Waals surface area contributed by atoms with Crippen LogP contribution in [0.15, 0.2) is 72.0 Å². The lowest BCUT2D eigenvalue weighted by atomic mass is 9.81. The van der Waals surface area contributed by atoms with E-state index in [1.165, 1.54) is 30.0 Å². The van der Waals surface area contributed by atoms with Gasteiger partial charge in [0.1, 0.15) is 17.4 Å². The molecule has 0 aliphatic heterocycles. The number of hydrogen-bond acceptors (Lipinski definition) is 6. The summed E-state index contributed by atoms with van der Waals surface area (Å²) in [6.45, 7) is 4.02. The van der Waals surface area contributed by atoms with Gasteiger partial charge in [-0.15, -0.1) is 0 Å². The van der Waals surface area contributed by atoms with Crippen LogP contribution in [0.1, 0.15) is 30.7 Å². The molecule has 1 heterocycles. The van der Waals surface area contributed by atoms with E-state index in [1.54, 1.807) is 43.6 Å². The monoisotopic (exact) mass is 607 g/mol. The lowest BCUT2D eigenvalue weighted by Gasteiger charge is -2.28. The van der Waals surface area contributed by atoms with Gasteiger partial charge in [0, 0.05) is 29.1 Å². The van der Waals surface area contributed by atoms with Crippen LogP contribution in [-0.4, -0.2) is 41.9 Å². The number of anilines is 1. The van der Waals surface area contributed by atoms with Crippen LogP contribution >= 0.6 is 23.4 Å². The van der Waals surface area contributed by atoms with E-state index in [9.17, 15) is 17.2 Å². The molecular formula is C28H28ClF2N3O4S2. The van der Waals surface area contributed by atoms with E-state index in [2.05, 4.69) is 10.3 Å². The zero-order valence-corrected chi connectivity index (χ0v) is 24.4. The maximum atomic E-state index is 14.9. The number of nitrogens with zero attached hydrogens (tertiary/aromatic N) is 2. The molecule has 0 radical (unpaired) electrons. The summed E-state index contributed by atoms with van der Waals surface area (Å²) in [5.74, 6) is -0.531. The number of benzene rings is 3. The summed E-state index contributed by atoms with van der Waals surface area (Å²) < 4.78 is 66.7. The zero-order valence-electron chi connectivity index (χ0n) is 22.0. The maximum Gasteiger partial charge on any atom is 0.266 e. The fourth-order valence-electron chi connectivity index (χ4n) is 4.15. The summed E-state index contributed by atoms with van der Waals surface area (Å²) in [5.41, 5.74) is 2.69. The van der Waals surface area contributed by atoms with Crippen LogP contribution in [0.5, 0.6) is 5.75 Å². The quantitative estimate of drug-likeness (QED) is 0.144. The topological polar surface area (TPSA) is 93.4 Å². The largest absolute Gasteiger partial charge is 0.495 e. The van der Waals surface area contributed by atoms with E-state index in [4.69, 9.17) is 20.9 Å². The Bertz CT molecular complexity index is 1610. The zero-order chi connectivity index (χ0) is 29.1. The Labute approximate surface area is 241 Å². The van der Waals surface area contributed by atoms with Gasteiger partial charge in [-0.25, -0.2) is 13.8 Å². The van der Waals surface area contributed by atoms with Gasteiger partial charge in [-0.3, -0.25) is 9.12 Å². The number of thioether (sulfide) groups is 1. The lowest BCUT2D eigenvalue weighted by Crippen LogP contribution is -2.23. The molecule has 3 aromatic carbocycles. The van der Waals surface area contributed by atoms with Gasteiger partial charge >= 0.3 is 0 Å². The Morgan fingerprint density at radius 3 is 2.48 bits per heavy atom. The molecule has 1 aromatic heterocycles. The van der Waals surface area contributed by atoms with Crippen molar-refractivity contribution < 1.29 is 26.5 Å². The molecule has 0 amide bonds. The van der Waals surface area contributed by atoms with Crippen molar-refractivity contribution in [1.29, 1.82) is 0 Å². The van der Waals surface area contributed by atoms with E-state index in [1.807, 2.05) is 30.5 Å². The summed E-state index contributed by atoms with van der Waals surface area (Å²) in [4.78, 5) is 4.65. The predicted octanol–water partition coefficient (Wildman–Crippen LogP) is 6.73. The van der Waals surface area contributed by atoms with Gasteiger partial charge in [0.25, 0.3) is 10.1 Å². The normalized spacial score (nSPS) is 12.0. The molecule has 7 nitrogen and oxygen atoms in total. The number of ether oxygens (including phenoxy) is 1. The van der Waals surface area contributed by atoms with Crippen molar-refractivity contribution in [2.24, 2.45) is 0 Å². The van der Waals surface area contributed by atoms with Crippen LogP contribution in [0.4, 0.5) is 14.5 Å². The van der Waals surface area contributed by atoms with Gasteiger partial charge in [0.05, 0.1) is 29.8 Å². The lowest BCUT2D eigenvalue weighted by molar-refractivity contribution is 0.413. The van der Waals surface area contributed by atoms with Crippen LogP contribution in [0.25, 0.3) is 5.69 Å². The van der Waals surface area contributed by atoms with Crippen LogP contribution in [0.3, 0.4) is 0 Å². The molecule has 0 bridgehead atoms. The van der Waals surface area contributed by atoms with Crippen molar-refractivity contribution >= 4 is 39.2 Å². The molecule has 0 aliphatic rings. The van der Waals surface area contributed by atoms with Gasteiger partial charge in [0.2, 0.25) is 0 Å². The minimum Gasteiger partial charge on any atom is -0.495 e. The SMILES string of the molecule is COc1cc(C(C)(C)c2cnc(SCc3ccc(NCCS(=O)(=O)O)cc3F)n2-c2ccc(F)cc2)ccc1Cl. The van der Waals surface area contributed by atoms with Gasteiger partial charge in [-0.05, 0) is 59.7 Å². The van der Waals surface area contributed by atoms with Crippen molar-refractivity contribution in [2.75, 3.05) is 24.7 Å². The van der Waals surface area contributed by atoms with Crippen molar-refractivity contribution in [3.63, 3.8) is 0 Å². The van der Waals surface area contributed by atoms with Crippen LogP contribution in [-0.2, 0) is 21.3 Å². The van der Waals surface area contributed by atoms with Crippen LogP contribution < -0.4 is 10.1 Å². The Hall–Kier alpha value is -3.12. The second-order valence-corrected chi connectivity index (χ2v) is 12.4. The maximum absolute atomic E-state index is 14.9. The van der Waals surface area contributed by atoms with Crippen molar-refractivity contribution in [1.82, 2.24) is 9.55 Å². The number of rotatable bonds is 11. The van der Waals surface area contributed by atoms with Gasteiger partial charge in [0.15, 0.2) is 5.16 Å². The summed E-state index contributed by atoms with van der Waals surface area (Å²) in [7, 11) is -2.56. The average Bonchev–Trinajstić information content (AvgIpc) is 3.33. The van der Waals surface area contributed by atoms with E-state index in [-0.39, 0.29) is 18.1 Å². The molecule has 0 saturated heterocycles. The highest BCUT2D eigenvalue weighted by Crippen LogP contribution is 2.39. The number of methoxy groups -OCH3 is 1. The predicted molar refractivity (Wildman–Crippen MR) is 155 cm³/mol. The Morgan fingerprint density at radius 1 is 1.10 bits per heavy atom. The minimum absolute atomic E-state index is 0.0560. The van der Waals surface area contributed by atoms with E-state index >= 15 is 0 Å². The molecule has 40 heavy (non-hydrogen) atoms. The van der Waals surface area contributed by atoms with Crippen molar-refractivity contribution in [2.45, 2.75) is 30.2 Å². The van der Waals surface area contributed by atoms with Crippen molar-refractivity contribution in [3.05, 3.63) is 100 Å². The second kappa shape index (κ2) is 12.2. The molecule has 0 aliphatic carbocycles. The first-order valence-electron chi connectivity index (χ1n) is 12.2. The van der Waals surface area contributed by atoms with Crippen LogP contribution in [0, 0.1) is 11.6 Å². The molecule has 0 atom stereocenters. The Kier molecular flexibility index (Phi) is 9.09. The average molecular weight is 608 g/mol. The van der Waals surface area contributed by atoms with Crippen molar-refractivity contribution in [3.8, 4) is 11.4 Å². The smallest absolute Gasteiger partial charge is 0.266 e. The third-order valence-electron chi connectivity index (χ3n) is 6.43. The Morgan fingerprint density at radius 2 is 1.82 bits per heavy atom. The third-order valence-corrected chi connectivity index (χ3v) is 8.46. The second-order valence-electron chi connectivity index (χ2n) is 9.52. The number of halogens is 3. The number of hydrogen-bond donors (Lipinski definition) is 2. The summed E-state index contributed by atoms with van der Waals surface area (Å²) >= 11 is 7.58.